The van der Waals surface area contributed by atoms with Crippen LogP contribution in [0.5, 0.6) is 0 Å². The number of benzene rings is 1. The molecule has 0 bridgehead atoms. The van der Waals surface area contributed by atoms with Gasteiger partial charge in [-0.05, 0) is 43.4 Å². The van der Waals surface area contributed by atoms with E-state index in [9.17, 15) is 9.59 Å². The third-order valence-electron chi connectivity index (χ3n) is 3.04. The lowest BCUT2D eigenvalue weighted by Crippen LogP contribution is -2.19. The molecule has 1 aromatic carbocycles. The highest BCUT2D eigenvalue weighted by molar-refractivity contribution is 5.89. The Bertz CT molecular complexity index is 442. The molecule has 5 heteroatoms. The monoisotopic (exact) mass is 279 g/mol. The van der Waals surface area contributed by atoms with E-state index in [0.717, 1.165) is 12.0 Å². The smallest absolute Gasteiger partial charge is 0.338 e. The lowest BCUT2D eigenvalue weighted by Gasteiger charge is -2.11. The van der Waals surface area contributed by atoms with E-state index in [1.54, 1.807) is 24.5 Å². The summed E-state index contributed by atoms with van der Waals surface area (Å²) in [5, 5.41) is 8.42. The number of hydrogen-bond donors (Lipinski definition) is 2. The second-order valence-electron chi connectivity index (χ2n) is 4.80. The minimum Gasteiger partial charge on any atom is -0.462 e. The van der Waals surface area contributed by atoms with Crippen molar-refractivity contribution in [3.05, 3.63) is 35.4 Å². The molecule has 0 fully saturated rings. The number of esters is 1. The highest BCUT2D eigenvalue weighted by atomic mass is 16.5. The normalized spacial score (nSPS) is 11.8. The third kappa shape index (κ3) is 5.40. The van der Waals surface area contributed by atoms with Crippen LogP contribution in [0.3, 0.4) is 0 Å². The molecule has 1 aromatic rings. The van der Waals surface area contributed by atoms with Crippen LogP contribution in [0.4, 0.5) is 0 Å². The van der Waals surface area contributed by atoms with Crippen LogP contribution < -0.4 is 5.48 Å². The molecule has 5 nitrogen and oxygen atoms in total. The van der Waals surface area contributed by atoms with Crippen molar-refractivity contribution in [1.29, 1.82) is 0 Å². The molecule has 0 heterocycles. The Kier molecular flexibility index (Phi) is 6.73. The number of hydroxylamine groups is 1. The van der Waals surface area contributed by atoms with Crippen LogP contribution in [-0.4, -0.2) is 23.7 Å². The Morgan fingerprint density at radius 3 is 2.50 bits per heavy atom. The summed E-state index contributed by atoms with van der Waals surface area (Å²) in [6.45, 7) is 4.19. The first-order valence-corrected chi connectivity index (χ1v) is 6.75. The molecule has 1 amide bonds. The molecule has 0 aliphatic heterocycles. The van der Waals surface area contributed by atoms with Gasteiger partial charge in [0, 0.05) is 6.42 Å². The summed E-state index contributed by atoms with van der Waals surface area (Å²) in [5.74, 6) is -0.359. The van der Waals surface area contributed by atoms with Gasteiger partial charge in [0.15, 0.2) is 0 Å². The number of hydrogen-bond acceptors (Lipinski definition) is 4. The van der Waals surface area contributed by atoms with Gasteiger partial charge in [0.05, 0.1) is 12.2 Å². The van der Waals surface area contributed by atoms with E-state index in [4.69, 9.17) is 9.94 Å². The predicted molar refractivity (Wildman–Crippen MR) is 74.4 cm³/mol. The fourth-order valence-corrected chi connectivity index (χ4v) is 1.93. The third-order valence-corrected chi connectivity index (χ3v) is 3.04. The first-order chi connectivity index (χ1) is 9.56. The fraction of sp³-hybridized carbons (Fsp3) is 0.467. The molecule has 1 unspecified atom stereocenters. The molecule has 1 rings (SSSR count). The summed E-state index contributed by atoms with van der Waals surface area (Å²) in [7, 11) is 0. The lowest BCUT2D eigenvalue weighted by atomic mass is 9.96. The average molecular weight is 279 g/mol. The summed E-state index contributed by atoms with van der Waals surface area (Å²) in [6.07, 6.45) is 1.83. The topological polar surface area (TPSA) is 75.6 Å². The molecule has 110 valence electrons. The Hall–Kier alpha value is -1.88. The van der Waals surface area contributed by atoms with E-state index in [2.05, 4.69) is 0 Å². The van der Waals surface area contributed by atoms with Crippen molar-refractivity contribution < 1.29 is 19.5 Å². The van der Waals surface area contributed by atoms with E-state index >= 15 is 0 Å². The van der Waals surface area contributed by atoms with Gasteiger partial charge in [-0.1, -0.05) is 19.1 Å². The van der Waals surface area contributed by atoms with E-state index in [-0.39, 0.29) is 11.9 Å². The molecule has 20 heavy (non-hydrogen) atoms. The van der Waals surface area contributed by atoms with Crippen molar-refractivity contribution in [2.24, 2.45) is 5.92 Å². The van der Waals surface area contributed by atoms with Gasteiger partial charge in [0.1, 0.15) is 0 Å². The number of carbonyl (C=O) groups excluding carboxylic acids is 2. The van der Waals surface area contributed by atoms with Gasteiger partial charge in [-0.15, -0.1) is 0 Å². The number of ether oxygens (including phenoxy) is 1. The Morgan fingerprint density at radius 2 is 1.95 bits per heavy atom. The quantitative estimate of drug-likeness (QED) is 0.456. The first-order valence-electron chi connectivity index (χ1n) is 6.75. The van der Waals surface area contributed by atoms with Gasteiger partial charge < -0.3 is 4.74 Å². The molecule has 0 saturated heterocycles. The standard InChI is InChI=1S/C15H21NO4/c1-3-20-15(18)13-7-5-12(6-8-13)10-11(2)4-9-14(17)16-19/h5-8,11,19H,3-4,9-10H2,1-2H3,(H,16,17). The number of rotatable bonds is 7. The molecule has 0 aromatic heterocycles. The van der Waals surface area contributed by atoms with Crippen LogP contribution in [0.25, 0.3) is 0 Å². The molecular formula is C15H21NO4. The van der Waals surface area contributed by atoms with Gasteiger partial charge in [-0.3, -0.25) is 10.0 Å². The summed E-state index contributed by atoms with van der Waals surface area (Å²) in [6, 6.07) is 7.30. The molecule has 0 spiro atoms. The zero-order valence-corrected chi connectivity index (χ0v) is 11.9. The summed E-state index contributed by atoms with van der Waals surface area (Å²) in [4.78, 5) is 22.4. The first kappa shape index (κ1) is 16.2. The second kappa shape index (κ2) is 8.32. The highest BCUT2D eigenvalue weighted by Crippen LogP contribution is 2.15. The van der Waals surface area contributed by atoms with E-state index < -0.39 is 0 Å². The zero-order chi connectivity index (χ0) is 15.0. The summed E-state index contributed by atoms with van der Waals surface area (Å²) >= 11 is 0. The molecule has 1 atom stereocenters. The Morgan fingerprint density at radius 1 is 1.30 bits per heavy atom. The van der Waals surface area contributed by atoms with E-state index in [1.807, 2.05) is 19.1 Å². The maximum absolute atomic E-state index is 11.5. The van der Waals surface area contributed by atoms with Crippen LogP contribution in [0, 0.1) is 5.92 Å². The molecule has 0 aliphatic carbocycles. The van der Waals surface area contributed by atoms with Crippen molar-refractivity contribution in [3.8, 4) is 0 Å². The van der Waals surface area contributed by atoms with Crippen LogP contribution >= 0.6 is 0 Å². The van der Waals surface area contributed by atoms with Crippen LogP contribution in [0.15, 0.2) is 24.3 Å². The number of nitrogens with one attached hydrogen (secondary N) is 1. The molecule has 2 N–H and O–H groups in total. The molecule has 0 radical (unpaired) electrons. The van der Waals surface area contributed by atoms with Gasteiger partial charge in [-0.2, -0.15) is 0 Å². The van der Waals surface area contributed by atoms with E-state index in [0.29, 0.717) is 30.9 Å². The SMILES string of the molecule is CCOC(=O)c1ccc(CC(C)CCC(=O)NO)cc1. The Labute approximate surface area is 118 Å². The van der Waals surface area contributed by atoms with Gasteiger partial charge in [-0.25, -0.2) is 10.3 Å². The maximum atomic E-state index is 11.5. The fourth-order valence-electron chi connectivity index (χ4n) is 1.93. The number of carbonyl (C=O) groups is 2. The number of amides is 1. The minimum absolute atomic E-state index is 0.304. The van der Waals surface area contributed by atoms with Gasteiger partial charge in [0.2, 0.25) is 5.91 Å². The van der Waals surface area contributed by atoms with Crippen molar-refractivity contribution in [1.82, 2.24) is 5.48 Å². The highest BCUT2D eigenvalue weighted by Gasteiger charge is 2.09. The van der Waals surface area contributed by atoms with Gasteiger partial charge in [0.25, 0.3) is 0 Å². The van der Waals surface area contributed by atoms with Crippen LogP contribution in [0.2, 0.25) is 0 Å². The maximum Gasteiger partial charge on any atom is 0.338 e. The van der Waals surface area contributed by atoms with Gasteiger partial charge >= 0.3 is 5.97 Å². The van der Waals surface area contributed by atoms with Crippen molar-refractivity contribution in [3.63, 3.8) is 0 Å². The van der Waals surface area contributed by atoms with Crippen LogP contribution in [0.1, 0.15) is 42.6 Å². The van der Waals surface area contributed by atoms with E-state index in [1.165, 1.54) is 0 Å². The average Bonchev–Trinajstić information content (AvgIpc) is 2.45. The zero-order valence-electron chi connectivity index (χ0n) is 11.9. The second-order valence-corrected chi connectivity index (χ2v) is 4.80. The van der Waals surface area contributed by atoms with Crippen LogP contribution in [-0.2, 0) is 16.0 Å². The summed E-state index contributed by atoms with van der Waals surface area (Å²) in [5.41, 5.74) is 3.28. The van der Waals surface area contributed by atoms with Crippen molar-refractivity contribution in [2.45, 2.75) is 33.1 Å². The molecule has 0 saturated carbocycles. The lowest BCUT2D eigenvalue weighted by molar-refractivity contribution is -0.129. The van der Waals surface area contributed by atoms with Crippen molar-refractivity contribution in [2.75, 3.05) is 6.61 Å². The predicted octanol–water partition coefficient (Wildman–Crippen LogP) is 2.33. The minimum atomic E-state index is -0.366. The van der Waals surface area contributed by atoms with Crippen molar-refractivity contribution >= 4 is 11.9 Å². The molecule has 0 aliphatic rings. The molecular weight excluding hydrogens is 258 g/mol. The Balaban J connectivity index is 2.48. The largest absolute Gasteiger partial charge is 0.462 e. The summed E-state index contributed by atoms with van der Waals surface area (Å²) < 4.78 is 4.92.